The van der Waals surface area contributed by atoms with E-state index in [0.29, 0.717) is 6.42 Å². The maximum absolute atomic E-state index is 12.4. The van der Waals surface area contributed by atoms with Gasteiger partial charge < -0.3 is 15.3 Å². The highest BCUT2D eigenvalue weighted by Crippen LogP contribution is 2.13. The number of carboxylic acids is 1. The molecule has 1 unspecified atom stereocenters. The molecule has 0 bridgehead atoms. The van der Waals surface area contributed by atoms with Gasteiger partial charge in [0, 0.05) is 19.1 Å². The lowest BCUT2D eigenvalue weighted by Gasteiger charge is -2.27. The molecule has 1 aromatic heterocycles. The first-order valence-electron chi connectivity index (χ1n) is 6.68. The maximum atomic E-state index is 12.4. The Morgan fingerprint density at radius 3 is 2.80 bits per heavy atom. The third-order valence-corrected chi connectivity index (χ3v) is 3.55. The van der Waals surface area contributed by atoms with E-state index in [4.69, 9.17) is 5.11 Å². The van der Waals surface area contributed by atoms with Crippen molar-refractivity contribution in [1.82, 2.24) is 25.2 Å². The molecule has 1 amide bonds. The number of aliphatic carboxylic acids is 1. The van der Waals surface area contributed by atoms with Crippen molar-refractivity contribution in [3.05, 3.63) is 11.9 Å². The third kappa shape index (κ3) is 2.96. The van der Waals surface area contributed by atoms with Gasteiger partial charge in [0.2, 0.25) is 0 Å². The highest BCUT2D eigenvalue weighted by Gasteiger charge is 2.27. The quantitative estimate of drug-likeness (QED) is 0.745. The zero-order valence-electron chi connectivity index (χ0n) is 11.6. The number of amides is 1. The summed E-state index contributed by atoms with van der Waals surface area (Å²) >= 11 is 0. The molecule has 8 heteroatoms. The van der Waals surface area contributed by atoms with Crippen LogP contribution in [0, 0.1) is 0 Å². The van der Waals surface area contributed by atoms with Gasteiger partial charge in [0.1, 0.15) is 6.54 Å². The van der Waals surface area contributed by atoms with Crippen molar-refractivity contribution in [3.8, 4) is 0 Å². The smallest absolute Gasteiger partial charge is 0.323 e. The molecule has 1 fully saturated rings. The number of carbonyl (C=O) groups is 2. The molecule has 8 nitrogen and oxygen atoms in total. The molecule has 0 radical (unpaired) electrons. The van der Waals surface area contributed by atoms with Crippen molar-refractivity contribution in [3.63, 3.8) is 0 Å². The van der Waals surface area contributed by atoms with Crippen LogP contribution in [0.3, 0.4) is 0 Å². The maximum Gasteiger partial charge on any atom is 0.323 e. The molecule has 2 rings (SSSR count). The van der Waals surface area contributed by atoms with E-state index >= 15 is 0 Å². The van der Waals surface area contributed by atoms with Crippen LogP contribution >= 0.6 is 0 Å². The summed E-state index contributed by atoms with van der Waals surface area (Å²) in [6.07, 6.45) is 2.27. The minimum Gasteiger partial charge on any atom is -0.480 e. The van der Waals surface area contributed by atoms with E-state index in [0.717, 1.165) is 13.1 Å². The molecule has 0 spiro atoms. The van der Waals surface area contributed by atoms with Gasteiger partial charge in [0.05, 0.1) is 12.2 Å². The minimum atomic E-state index is -1.03. The summed E-state index contributed by atoms with van der Waals surface area (Å²) in [4.78, 5) is 24.6. The van der Waals surface area contributed by atoms with Gasteiger partial charge in [-0.15, -0.1) is 5.10 Å². The normalized spacial score (nSPS) is 16.5. The minimum absolute atomic E-state index is 0.158. The van der Waals surface area contributed by atoms with Crippen LogP contribution in [0.4, 0.5) is 0 Å². The van der Waals surface area contributed by atoms with E-state index in [1.165, 1.54) is 4.90 Å². The highest BCUT2D eigenvalue weighted by atomic mass is 16.4. The van der Waals surface area contributed by atoms with Crippen molar-refractivity contribution in [2.24, 2.45) is 0 Å². The highest BCUT2D eigenvalue weighted by molar-refractivity contribution is 5.94. The number of carbonyl (C=O) groups excluding carboxylic acids is 1. The molecule has 1 atom stereocenters. The molecule has 0 aliphatic carbocycles. The topological polar surface area (TPSA) is 100 Å². The number of hydrogen-bond donors (Lipinski definition) is 2. The van der Waals surface area contributed by atoms with Crippen LogP contribution in [-0.2, 0) is 4.79 Å². The summed E-state index contributed by atoms with van der Waals surface area (Å²) in [5.74, 6) is -1.42. The second-order valence-electron chi connectivity index (χ2n) is 4.98. The SMILES string of the molecule is CCC(C)N(CC(=O)O)C(=O)c1cn(C2CNC2)nn1. The number of nitrogens with zero attached hydrogens (tertiary/aromatic N) is 4. The van der Waals surface area contributed by atoms with Crippen LogP contribution in [0.2, 0.25) is 0 Å². The molecule has 1 aliphatic heterocycles. The van der Waals surface area contributed by atoms with Crippen molar-refractivity contribution >= 4 is 11.9 Å². The Bertz CT molecular complexity index is 497. The lowest BCUT2D eigenvalue weighted by atomic mass is 10.2. The van der Waals surface area contributed by atoms with E-state index in [9.17, 15) is 9.59 Å². The van der Waals surface area contributed by atoms with E-state index in [2.05, 4.69) is 15.6 Å². The van der Waals surface area contributed by atoms with Gasteiger partial charge in [0.15, 0.2) is 5.69 Å². The standard InChI is InChI=1S/C12H19N5O3/c1-3-8(2)16(7-11(18)19)12(20)10-6-17(15-14-10)9-4-13-5-9/h6,8-9,13H,3-5,7H2,1-2H3,(H,18,19). The molecule has 1 aliphatic rings. The summed E-state index contributed by atoms with van der Waals surface area (Å²) in [7, 11) is 0. The Kier molecular flexibility index (Phi) is 4.33. The number of carboxylic acid groups (broad SMARTS) is 1. The predicted octanol–water partition coefficient (Wildman–Crippen LogP) is -0.252. The molecule has 2 N–H and O–H groups in total. The molecule has 110 valence electrons. The number of rotatable bonds is 6. The van der Waals surface area contributed by atoms with Crippen LogP contribution < -0.4 is 5.32 Å². The van der Waals surface area contributed by atoms with Gasteiger partial charge in [0.25, 0.3) is 5.91 Å². The largest absolute Gasteiger partial charge is 0.480 e. The van der Waals surface area contributed by atoms with E-state index in [-0.39, 0.29) is 30.2 Å². The Labute approximate surface area is 116 Å². The molecular weight excluding hydrogens is 262 g/mol. The lowest BCUT2D eigenvalue weighted by molar-refractivity contribution is -0.138. The molecule has 2 heterocycles. The average Bonchev–Trinajstić information content (AvgIpc) is 2.81. The number of aromatic nitrogens is 3. The fourth-order valence-electron chi connectivity index (χ4n) is 1.95. The van der Waals surface area contributed by atoms with E-state index < -0.39 is 5.97 Å². The van der Waals surface area contributed by atoms with Gasteiger partial charge >= 0.3 is 5.97 Å². The molecule has 1 aromatic rings. The molecule has 0 saturated carbocycles. The fraction of sp³-hybridized carbons (Fsp3) is 0.667. The summed E-state index contributed by atoms with van der Waals surface area (Å²) in [6, 6.07) is 0.0645. The Morgan fingerprint density at radius 2 is 2.30 bits per heavy atom. The van der Waals surface area contributed by atoms with E-state index in [1.54, 1.807) is 10.9 Å². The van der Waals surface area contributed by atoms with Gasteiger partial charge in [-0.2, -0.15) is 0 Å². The molecular formula is C12H19N5O3. The number of hydrogen-bond acceptors (Lipinski definition) is 5. The third-order valence-electron chi connectivity index (χ3n) is 3.55. The van der Waals surface area contributed by atoms with Gasteiger partial charge in [-0.1, -0.05) is 12.1 Å². The molecule has 20 heavy (non-hydrogen) atoms. The van der Waals surface area contributed by atoms with Crippen molar-refractivity contribution in [2.75, 3.05) is 19.6 Å². The Balaban J connectivity index is 2.13. The van der Waals surface area contributed by atoms with Gasteiger partial charge in [-0.25, -0.2) is 4.68 Å². The summed E-state index contributed by atoms with van der Waals surface area (Å²) < 4.78 is 1.65. The average molecular weight is 281 g/mol. The van der Waals surface area contributed by atoms with E-state index in [1.807, 2.05) is 13.8 Å². The predicted molar refractivity (Wildman–Crippen MR) is 70.4 cm³/mol. The van der Waals surface area contributed by atoms with Crippen molar-refractivity contribution < 1.29 is 14.7 Å². The van der Waals surface area contributed by atoms with Crippen LogP contribution in [0.25, 0.3) is 0 Å². The van der Waals surface area contributed by atoms with Crippen LogP contribution in [-0.4, -0.2) is 62.6 Å². The Morgan fingerprint density at radius 1 is 1.60 bits per heavy atom. The first kappa shape index (κ1) is 14.4. The van der Waals surface area contributed by atoms with Crippen LogP contribution in [0.5, 0.6) is 0 Å². The van der Waals surface area contributed by atoms with Crippen LogP contribution in [0.15, 0.2) is 6.20 Å². The summed E-state index contributed by atoms with van der Waals surface area (Å²) in [5.41, 5.74) is 0.193. The lowest BCUT2D eigenvalue weighted by Crippen LogP contribution is -2.43. The number of nitrogens with one attached hydrogen (secondary N) is 1. The first-order chi connectivity index (χ1) is 9.52. The van der Waals surface area contributed by atoms with Gasteiger partial charge in [-0.3, -0.25) is 9.59 Å². The summed E-state index contributed by atoms with van der Waals surface area (Å²) in [6.45, 7) is 5.01. The fourth-order valence-corrected chi connectivity index (χ4v) is 1.95. The monoisotopic (exact) mass is 281 g/mol. The zero-order chi connectivity index (χ0) is 14.7. The van der Waals surface area contributed by atoms with Crippen molar-refractivity contribution in [1.29, 1.82) is 0 Å². The molecule has 1 saturated heterocycles. The van der Waals surface area contributed by atoms with Crippen molar-refractivity contribution in [2.45, 2.75) is 32.4 Å². The summed E-state index contributed by atoms with van der Waals surface area (Å²) in [5, 5.41) is 19.8. The van der Waals surface area contributed by atoms with Crippen LogP contribution in [0.1, 0.15) is 36.8 Å². The second-order valence-corrected chi connectivity index (χ2v) is 4.98. The first-order valence-corrected chi connectivity index (χ1v) is 6.68. The van der Waals surface area contributed by atoms with Gasteiger partial charge in [-0.05, 0) is 13.3 Å². The molecule has 0 aromatic carbocycles. The Hall–Kier alpha value is -1.96. The second kappa shape index (κ2) is 6.00. The zero-order valence-corrected chi connectivity index (χ0v) is 11.6.